The molecule has 1 amide bonds. The molecule has 3 rings (SSSR count). The Hall–Kier alpha value is -2.90. The number of amides is 1. The molecule has 3 aromatic rings. The van der Waals surface area contributed by atoms with Gasteiger partial charge in [-0.2, -0.15) is 4.98 Å². The average molecular weight is 439 g/mol. The van der Waals surface area contributed by atoms with Crippen molar-refractivity contribution in [2.24, 2.45) is 11.7 Å². The van der Waals surface area contributed by atoms with Gasteiger partial charge in [-0.15, -0.1) is 0 Å². The molecule has 172 valence electrons. The summed E-state index contributed by atoms with van der Waals surface area (Å²) in [5, 5.41) is 10.8. The Morgan fingerprint density at radius 3 is 2.53 bits per heavy atom. The molecule has 3 N–H and O–H groups in total. The number of nitrogens with two attached hydrogens (primary N) is 1. The van der Waals surface area contributed by atoms with Crippen LogP contribution in [0.15, 0.2) is 52.9 Å². The van der Waals surface area contributed by atoms with Gasteiger partial charge in [0.25, 0.3) is 11.9 Å². The third-order valence-electron chi connectivity index (χ3n) is 5.51. The summed E-state index contributed by atoms with van der Waals surface area (Å²) in [5.41, 5.74) is 9.11. The van der Waals surface area contributed by atoms with E-state index in [4.69, 9.17) is 10.2 Å². The molecule has 0 aliphatic rings. The second-order valence-corrected chi connectivity index (χ2v) is 8.72. The monoisotopic (exact) mass is 438 g/mol. The average Bonchev–Trinajstić information content (AvgIpc) is 3.21. The van der Waals surface area contributed by atoms with E-state index in [0.29, 0.717) is 35.6 Å². The number of hydrogen-bond donors (Lipinski definition) is 2. The highest BCUT2D eigenvalue weighted by molar-refractivity contribution is 5.97. The molecule has 0 saturated heterocycles. The van der Waals surface area contributed by atoms with Gasteiger partial charge in [0, 0.05) is 38.3 Å². The fourth-order valence-electron chi connectivity index (χ4n) is 3.59. The molecule has 1 heterocycles. The van der Waals surface area contributed by atoms with Gasteiger partial charge in [0.05, 0.1) is 6.10 Å². The summed E-state index contributed by atoms with van der Waals surface area (Å²) in [6.07, 6.45) is -0.291. The molecule has 0 bridgehead atoms. The van der Waals surface area contributed by atoms with Crippen LogP contribution in [0.3, 0.4) is 0 Å². The van der Waals surface area contributed by atoms with Crippen molar-refractivity contribution >= 4 is 23.0 Å². The summed E-state index contributed by atoms with van der Waals surface area (Å²) < 4.78 is 5.83. The molecule has 0 saturated carbocycles. The van der Waals surface area contributed by atoms with Crippen LogP contribution in [-0.4, -0.2) is 59.7 Å². The number of aliphatic hydroxyl groups excluding tert-OH is 1. The van der Waals surface area contributed by atoms with Crippen molar-refractivity contribution in [3.63, 3.8) is 0 Å². The first kappa shape index (κ1) is 23.8. The van der Waals surface area contributed by atoms with Crippen LogP contribution in [0.2, 0.25) is 0 Å². The molecule has 0 unspecified atom stereocenters. The van der Waals surface area contributed by atoms with E-state index in [9.17, 15) is 9.90 Å². The number of aromatic nitrogens is 1. The van der Waals surface area contributed by atoms with E-state index in [1.807, 2.05) is 63.1 Å². The molecule has 0 fully saturated rings. The second-order valence-electron chi connectivity index (χ2n) is 8.72. The first-order chi connectivity index (χ1) is 15.3. The standard InChI is InChI=1S/C25H34N4O3/c1-5-28(4)25-27-21-12-11-19(14-23(21)32-25)24(31)29(15-17(2)3)16-22(30)20(26)13-18-9-7-6-8-10-18/h6-12,14,17,20,22,30H,5,13,15-16,26H2,1-4H3/t20-,22+/m0/s1. The molecule has 0 radical (unpaired) electrons. The number of anilines is 1. The number of nitrogens with zero attached hydrogens (tertiary/aromatic N) is 3. The minimum atomic E-state index is -0.836. The highest BCUT2D eigenvalue weighted by atomic mass is 16.4. The zero-order chi connectivity index (χ0) is 23.3. The summed E-state index contributed by atoms with van der Waals surface area (Å²) in [6, 6.07) is 15.2. The zero-order valence-corrected chi connectivity index (χ0v) is 19.4. The van der Waals surface area contributed by atoms with Crippen molar-refractivity contribution in [1.29, 1.82) is 0 Å². The van der Waals surface area contributed by atoms with Crippen LogP contribution in [0.5, 0.6) is 0 Å². The zero-order valence-electron chi connectivity index (χ0n) is 19.4. The predicted molar refractivity (Wildman–Crippen MR) is 128 cm³/mol. The molecule has 0 aliphatic carbocycles. The molecular formula is C25H34N4O3. The van der Waals surface area contributed by atoms with Gasteiger partial charge in [0.2, 0.25) is 0 Å². The molecule has 2 atom stereocenters. The first-order valence-electron chi connectivity index (χ1n) is 11.2. The lowest BCUT2D eigenvalue weighted by molar-refractivity contribution is 0.0545. The molecule has 0 aliphatic heterocycles. The molecule has 7 heteroatoms. The summed E-state index contributed by atoms with van der Waals surface area (Å²) in [5.74, 6) is 0.0867. The van der Waals surface area contributed by atoms with Gasteiger partial charge in [0.15, 0.2) is 5.58 Å². The largest absolute Gasteiger partial charge is 0.423 e. The third kappa shape index (κ3) is 5.87. The number of benzene rings is 2. The molecule has 1 aromatic heterocycles. The Balaban J connectivity index is 1.76. The maximum Gasteiger partial charge on any atom is 0.298 e. The normalized spacial score (nSPS) is 13.3. The summed E-state index contributed by atoms with van der Waals surface area (Å²) >= 11 is 0. The summed E-state index contributed by atoms with van der Waals surface area (Å²) in [6.45, 7) is 7.56. The first-order valence-corrected chi connectivity index (χ1v) is 11.2. The number of aliphatic hydroxyl groups is 1. The Morgan fingerprint density at radius 1 is 1.16 bits per heavy atom. The van der Waals surface area contributed by atoms with Crippen LogP contribution in [0.4, 0.5) is 6.01 Å². The molecule has 2 aromatic carbocycles. The van der Waals surface area contributed by atoms with Crippen molar-refractivity contribution in [2.75, 3.05) is 31.6 Å². The fraction of sp³-hybridized carbons (Fsp3) is 0.440. The molecular weight excluding hydrogens is 404 g/mol. The van der Waals surface area contributed by atoms with Crippen LogP contribution in [0.25, 0.3) is 11.1 Å². The Labute approximate surface area is 189 Å². The topological polar surface area (TPSA) is 95.8 Å². The Morgan fingerprint density at radius 2 is 1.88 bits per heavy atom. The van der Waals surface area contributed by atoms with Crippen LogP contribution in [-0.2, 0) is 6.42 Å². The second kappa shape index (κ2) is 10.6. The van der Waals surface area contributed by atoms with Crippen molar-refractivity contribution in [1.82, 2.24) is 9.88 Å². The smallest absolute Gasteiger partial charge is 0.298 e. The molecule has 0 spiro atoms. The molecule has 7 nitrogen and oxygen atoms in total. The van der Waals surface area contributed by atoms with Gasteiger partial charge >= 0.3 is 0 Å². The van der Waals surface area contributed by atoms with Crippen molar-refractivity contribution in [3.8, 4) is 0 Å². The quantitative estimate of drug-likeness (QED) is 0.504. The van der Waals surface area contributed by atoms with E-state index >= 15 is 0 Å². The van der Waals surface area contributed by atoms with E-state index < -0.39 is 12.1 Å². The number of fused-ring (bicyclic) bond motifs is 1. The van der Waals surface area contributed by atoms with Crippen LogP contribution >= 0.6 is 0 Å². The predicted octanol–water partition coefficient (Wildman–Crippen LogP) is 3.31. The minimum absolute atomic E-state index is 0.159. The minimum Gasteiger partial charge on any atom is -0.423 e. The van der Waals surface area contributed by atoms with E-state index in [2.05, 4.69) is 4.98 Å². The van der Waals surface area contributed by atoms with Crippen molar-refractivity contribution in [2.45, 2.75) is 39.3 Å². The lowest BCUT2D eigenvalue weighted by Gasteiger charge is -2.29. The lowest BCUT2D eigenvalue weighted by Crippen LogP contribution is -2.47. The number of oxazole rings is 1. The van der Waals surface area contributed by atoms with Gasteiger partial charge in [0.1, 0.15) is 5.52 Å². The molecule has 32 heavy (non-hydrogen) atoms. The van der Waals surface area contributed by atoms with E-state index in [1.165, 1.54) is 0 Å². The van der Waals surface area contributed by atoms with Crippen LogP contribution < -0.4 is 10.6 Å². The lowest BCUT2D eigenvalue weighted by atomic mass is 10.0. The fourth-order valence-corrected chi connectivity index (χ4v) is 3.59. The summed E-state index contributed by atoms with van der Waals surface area (Å²) in [7, 11) is 1.90. The maximum atomic E-state index is 13.3. The third-order valence-corrected chi connectivity index (χ3v) is 5.51. The number of carbonyl (C=O) groups is 1. The number of hydrogen-bond acceptors (Lipinski definition) is 6. The van der Waals surface area contributed by atoms with Gasteiger partial charge in [-0.05, 0) is 43.0 Å². The van der Waals surface area contributed by atoms with E-state index in [1.54, 1.807) is 23.1 Å². The van der Waals surface area contributed by atoms with Gasteiger partial charge in [-0.1, -0.05) is 44.2 Å². The van der Waals surface area contributed by atoms with Crippen LogP contribution in [0.1, 0.15) is 36.7 Å². The summed E-state index contributed by atoms with van der Waals surface area (Å²) in [4.78, 5) is 21.4. The number of carbonyl (C=O) groups excluding carboxylic acids is 1. The number of rotatable bonds is 10. The van der Waals surface area contributed by atoms with E-state index in [-0.39, 0.29) is 18.4 Å². The Bertz CT molecular complexity index is 1020. The Kier molecular flexibility index (Phi) is 7.88. The van der Waals surface area contributed by atoms with Crippen LogP contribution in [0, 0.1) is 5.92 Å². The maximum absolute atomic E-state index is 13.3. The van der Waals surface area contributed by atoms with Crippen molar-refractivity contribution < 1.29 is 14.3 Å². The highest BCUT2D eigenvalue weighted by Crippen LogP contribution is 2.23. The highest BCUT2D eigenvalue weighted by Gasteiger charge is 2.24. The van der Waals surface area contributed by atoms with Gasteiger partial charge < -0.3 is 25.1 Å². The van der Waals surface area contributed by atoms with Gasteiger partial charge in [-0.3, -0.25) is 4.79 Å². The van der Waals surface area contributed by atoms with Crippen molar-refractivity contribution in [3.05, 3.63) is 59.7 Å². The van der Waals surface area contributed by atoms with Gasteiger partial charge in [-0.25, -0.2) is 0 Å². The SMILES string of the molecule is CCN(C)c1nc2ccc(C(=O)N(CC(C)C)C[C@@H](O)[C@@H](N)Cc3ccccc3)cc2o1. The van der Waals surface area contributed by atoms with E-state index in [0.717, 1.165) is 12.1 Å².